The number of carbonyl (C=O) groups is 1. The summed E-state index contributed by atoms with van der Waals surface area (Å²) in [5.74, 6) is 1.81. The number of anilines is 1. The highest BCUT2D eigenvalue weighted by molar-refractivity contribution is 7.99. The molecule has 0 aliphatic heterocycles. The van der Waals surface area contributed by atoms with Gasteiger partial charge in [-0.25, -0.2) is 4.39 Å². The Kier molecular flexibility index (Phi) is 11.4. The number of alkyl halides is 1. The lowest BCUT2D eigenvalue weighted by molar-refractivity contribution is 0.0916. The Labute approximate surface area is 262 Å². The standard InChI is InChI=1S/C37H49FN2O2S/c1-7-24(3)27-10-9-25(4)32(20-27)34(21-37(5,6)30-14-15-30)39-33-18-13-28(19-29(33)22-38)36(42)40-35(23-41)26-11-16-31(17-12-26)43-8-2/h9-13,16-20,24,30,34-35,39,41H,7-8,14-15,21-23H2,1-6H3,(H,40,42). The van der Waals surface area contributed by atoms with E-state index in [0.29, 0.717) is 28.7 Å². The lowest BCUT2D eigenvalue weighted by Gasteiger charge is -2.33. The molecule has 0 saturated heterocycles. The van der Waals surface area contributed by atoms with Gasteiger partial charge in [-0.15, -0.1) is 11.8 Å². The Morgan fingerprint density at radius 3 is 2.33 bits per heavy atom. The summed E-state index contributed by atoms with van der Waals surface area (Å²) in [5, 5.41) is 16.7. The number of aliphatic hydroxyl groups is 1. The minimum absolute atomic E-state index is 0.0113. The minimum atomic E-state index is -0.686. The van der Waals surface area contributed by atoms with Crippen molar-refractivity contribution in [2.45, 2.75) is 96.8 Å². The molecule has 43 heavy (non-hydrogen) atoms. The van der Waals surface area contributed by atoms with Gasteiger partial charge in [-0.05, 0) is 108 Å². The molecule has 1 aliphatic rings. The number of hydrogen-bond acceptors (Lipinski definition) is 4. The van der Waals surface area contributed by atoms with E-state index in [4.69, 9.17) is 0 Å². The van der Waals surface area contributed by atoms with Crippen LogP contribution in [-0.2, 0) is 6.67 Å². The van der Waals surface area contributed by atoms with Gasteiger partial charge in [0.05, 0.1) is 18.7 Å². The first-order valence-corrected chi connectivity index (χ1v) is 16.8. The van der Waals surface area contributed by atoms with Crippen LogP contribution in [0.15, 0.2) is 65.6 Å². The van der Waals surface area contributed by atoms with Crippen LogP contribution in [0.2, 0.25) is 0 Å². The highest BCUT2D eigenvalue weighted by Gasteiger charge is 2.39. The van der Waals surface area contributed by atoms with Gasteiger partial charge in [0.1, 0.15) is 6.67 Å². The number of nitrogens with one attached hydrogen (secondary N) is 2. The van der Waals surface area contributed by atoms with Crippen molar-refractivity contribution in [1.29, 1.82) is 0 Å². The topological polar surface area (TPSA) is 61.4 Å². The molecule has 4 nitrogen and oxygen atoms in total. The quantitative estimate of drug-likeness (QED) is 0.151. The van der Waals surface area contributed by atoms with E-state index >= 15 is 0 Å². The molecule has 0 bridgehead atoms. The molecule has 1 fully saturated rings. The molecular formula is C37H49FN2O2S. The van der Waals surface area contributed by atoms with Gasteiger partial charge in [0.2, 0.25) is 0 Å². The van der Waals surface area contributed by atoms with Crippen LogP contribution in [0.4, 0.5) is 10.1 Å². The first-order chi connectivity index (χ1) is 20.6. The van der Waals surface area contributed by atoms with Gasteiger partial charge in [-0.2, -0.15) is 0 Å². The van der Waals surface area contributed by atoms with E-state index in [9.17, 15) is 14.3 Å². The Hall–Kier alpha value is -2.83. The van der Waals surface area contributed by atoms with Gasteiger partial charge in [0.25, 0.3) is 5.91 Å². The Balaban J connectivity index is 1.58. The number of aryl methyl sites for hydroxylation is 1. The van der Waals surface area contributed by atoms with E-state index in [1.165, 1.54) is 29.5 Å². The second kappa shape index (κ2) is 14.8. The minimum Gasteiger partial charge on any atom is -0.394 e. The molecule has 3 atom stereocenters. The number of carbonyl (C=O) groups excluding carboxylic acids is 1. The van der Waals surface area contributed by atoms with Crippen molar-refractivity contribution in [1.82, 2.24) is 5.32 Å². The fourth-order valence-electron chi connectivity index (χ4n) is 5.99. The molecule has 0 spiro atoms. The van der Waals surface area contributed by atoms with Gasteiger partial charge in [0, 0.05) is 21.7 Å². The van der Waals surface area contributed by atoms with Crippen molar-refractivity contribution in [2.24, 2.45) is 11.3 Å². The number of aliphatic hydroxyl groups excluding tert-OH is 1. The Morgan fingerprint density at radius 1 is 1.02 bits per heavy atom. The van der Waals surface area contributed by atoms with Crippen molar-refractivity contribution in [3.63, 3.8) is 0 Å². The molecule has 3 N–H and O–H groups in total. The molecular weight excluding hydrogens is 555 g/mol. The Morgan fingerprint density at radius 2 is 1.72 bits per heavy atom. The fraction of sp³-hybridized carbons (Fsp3) is 0.486. The van der Waals surface area contributed by atoms with Crippen LogP contribution in [0.25, 0.3) is 0 Å². The van der Waals surface area contributed by atoms with Crippen LogP contribution in [-0.4, -0.2) is 23.4 Å². The zero-order valence-electron chi connectivity index (χ0n) is 26.7. The molecule has 1 saturated carbocycles. The molecule has 0 radical (unpaired) electrons. The van der Waals surface area contributed by atoms with E-state index in [1.807, 2.05) is 30.3 Å². The smallest absolute Gasteiger partial charge is 0.251 e. The van der Waals surface area contributed by atoms with Gasteiger partial charge in [-0.3, -0.25) is 4.79 Å². The predicted octanol–water partition coefficient (Wildman–Crippen LogP) is 9.53. The van der Waals surface area contributed by atoms with E-state index in [0.717, 1.165) is 29.1 Å². The van der Waals surface area contributed by atoms with Crippen LogP contribution >= 0.6 is 11.8 Å². The van der Waals surface area contributed by atoms with E-state index in [1.54, 1.807) is 23.9 Å². The number of benzene rings is 3. The Bertz CT molecular complexity index is 1370. The number of rotatable bonds is 15. The lowest BCUT2D eigenvalue weighted by Crippen LogP contribution is -2.31. The summed E-state index contributed by atoms with van der Waals surface area (Å²) in [6.07, 6.45) is 4.54. The van der Waals surface area contributed by atoms with Crippen molar-refractivity contribution in [3.8, 4) is 0 Å². The molecule has 232 valence electrons. The van der Waals surface area contributed by atoms with Crippen LogP contribution < -0.4 is 10.6 Å². The molecule has 0 heterocycles. The van der Waals surface area contributed by atoms with Crippen molar-refractivity contribution >= 4 is 23.4 Å². The lowest BCUT2D eigenvalue weighted by atomic mass is 9.78. The first-order valence-electron chi connectivity index (χ1n) is 15.8. The zero-order valence-corrected chi connectivity index (χ0v) is 27.5. The summed E-state index contributed by atoms with van der Waals surface area (Å²) in [6, 6.07) is 19.3. The second-order valence-corrected chi connectivity index (χ2v) is 14.1. The van der Waals surface area contributed by atoms with Gasteiger partial charge in [0.15, 0.2) is 0 Å². The first kappa shape index (κ1) is 33.1. The third-order valence-electron chi connectivity index (χ3n) is 9.20. The predicted molar refractivity (Wildman–Crippen MR) is 179 cm³/mol. The van der Waals surface area contributed by atoms with E-state index in [-0.39, 0.29) is 24.0 Å². The largest absolute Gasteiger partial charge is 0.394 e. The van der Waals surface area contributed by atoms with Gasteiger partial charge < -0.3 is 15.7 Å². The average Bonchev–Trinajstić information content (AvgIpc) is 3.87. The molecule has 3 aromatic carbocycles. The highest BCUT2D eigenvalue weighted by atomic mass is 32.2. The third-order valence-corrected chi connectivity index (χ3v) is 10.1. The third kappa shape index (κ3) is 8.42. The number of halogens is 1. The molecule has 4 rings (SSSR count). The molecule has 1 amide bonds. The van der Waals surface area contributed by atoms with Gasteiger partial charge >= 0.3 is 0 Å². The normalized spacial score (nSPS) is 15.5. The second-order valence-electron chi connectivity index (χ2n) is 12.8. The summed E-state index contributed by atoms with van der Waals surface area (Å²) in [4.78, 5) is 14.4. The molecule has 6 heteroatoms. The van der Waals surface area contributed by atoms with Crippen LogP contribution in [0.1, 0.15) is 116 Å². The average molecular weight is 605 g/mol. The monoisotopic (exact) mass is 604 g/mol. The molecule has 0 aromatic heterocycles. The fourth-order valence-corrected chi connectivity index (χ4v) is 6.65. The summed E-state index contributed by atoms with van der Waals surface area (Å²) < 4.78 is 14.5. The number of thioether (sulfide) groups is 1. The highest BCUT2D eigenvalue weighted by Crippen LogP contribution is 2.50. The summed E-state index contributed by atoms with van der Waals surface area (Å²) >= 11 is 1.74. The van der Waals surface area contributed by atoms with Gasteiger partial charge in [-0.1, -0.05) is 65.0 Å². The summed E-state index contributed by atoms with van der Waals surface area (Å²) in [7, 11) is 0. The van der Waals surface area contributed by atoms with Crippen LogP contribution in [0, 0.1) is 18.3 Å². The maximum atomic E-state index is 14.5. The van der Waals surface area contributed by atoms with Crippen molar-refractivity contribution < 1.29 is 14.3 Å². The zero-order chi connectivity index (χ0) is 31.1. The summed E-state index contributed by atoms with van der Waals surface area (Å²) in [6.45, 7) is 12.5. The van der Waals surface area contributed by atoms with Crippen LogP contribution in [0.5, 0.6) is 0 Å². The number of amides is 1. The molecule has 3 aromatic rings. The van der Waals surface area contributed by atoms with Crippen molar-refractivity contribution in [3.05, 3.63) is 94.0 Å². The molecule has 1 aliphatic carbocycles. The van der Waals surface area contributed by atoms with E-state index < -0.39 is 12.7 Å². The molecule has 3 unspecified atom stereocenters. The maximum Gasteiger partial charge on any atom is 0.251 e. The number of hydrogen-bond donors (Lipinski definition) is 3. The van der Waals surface area contributed by atoms with Crippen molar-refractivity contribution in [2.75, 3.05) is 17.7 Å². The SMILES string of the molecule is CCSc1ccc(C(CO)NC(=O)c2ccc(NC(CC(C)(C)C3CC3)c3cc(C(C)CC)ccc3C)c(CF)c2)cc1. The summed E-state index contributed by atoms with van der Waals surface area (Å²) in [5.41, 5.74) is 6.34. The van der Waals surface area contributed by atoms with Crippen LogP contribution in [0.3, 0.4) is 0 Å². The maximum absolute atomic E-state index is 14.5. The van der Waals surface area contributed by atoms with E-state index in [2.05, 4.69) is 70.4 Å².